The van der Waals surface area contributed by atoms with Gasteiger partial charge in [-0.1, -0.05) is 20.8 Å². The van der Waals surface area contributed by atoms with Crippen LogP contribution in [0.3, 0.4) is 0 Å². The summed E-state index contributed by atoms with van der Waals surface area (Å²) in [6.45, 7) is 8.11. The van der Waals surface area contributed by atoms with Gasteiger partial charge in [0.1, 0.15) is 6.04 Å². The average molecular weight is 513 g/mol. The van der Waals surface area contributed by atoms with Crippen LogP contribution in [0.4, 0.5) is 23.8 Å². The van der Waals surface area contributed by atoms with E-state index in [0.717, 1.165) is 42.8 Å². The van der Waals surface area contributed by atoms with Crippen molar-refractivity contribution in [3.63, 3.8) is 0 Å². The molecule has 1 aliphatic heterocycles. The van der Waals surface area contributed by atoms with Gasteiger partial charge in [0, 0.05) is 12.0 Å². The van der Waals surface area contributed by atoms with Gasteiger partial charge < -0.3 is 19.5 Å². The maximum absolute atomic E-state index is 13.6. The molecule has 0 aliphatic carbocycles. The molecule has 2 heterocycles. The number of amides is 2. The van der Waals surface area contributed by atoms with Crippen molar-refractivity contribution in [1.29, 1.82) is 0 Å². The van der Waals surface area contributed by atoms with Gasteiger partial charge in [-0.15, -0.1) is 9.78 Å². The highest BCUT2D eigenvalue weighted by Gasteiger charge is 2.36. The maximum atomic E-state index is 13.6. The second-order valence-corrected chi connectivity index (χ2v) is 9.80. The largest absolute Gasteiger partial charge is 0.528 e. The van der Waals surface area contributed by atoms with E-state index in [0.29, 0.717) is 17.5 Å². The lowest BCUT2D eigenvalue weighted by Gasteiger charge is -2.33. The molecule has 2 atom stereocenters. The third-order valence-electron chi connectivity index (χ3n) is 5.93. The van der Waals surface area contributed by atoms with Crippen molar-refractivity contribution >= 4 is 17.8 Å². The molecule has 1 aromatic heterocycles. The molecule has 0 bridgehead atoms. The first-order chi connectivity index (χ1) is 16.7. The number of halogens is 3. The van der Waals surface area contributed by atoms with E-state index in [-0.39, 0.29) is 23.8 Å². The minimum atomic E-state index is -4.56. The number of carboxylic acid groups (broad SMARTS) is 1. The Labute approximate surface area is 207 Å². The van der Waals surface area contributed by atoms with Gasteiger partial charge in [-0.05, 0) is 44.0 Å². The Balaban J connectivity index is 1.88. The molecule has 1 aliphatic rings. The third-order valence-corrected chi connectivity index (χ3v) is 5.93. The molecular weight excluding hydrogens is 481 g/mol. The standard InChI is InChI=1S/C24H31F3N4O5/c1-15(31(22(33)34)36-17-10-8-16(9-11-17)24(25,26)27)21(32)30(14-18-7-6-12-35-18)20-13-19(23(2,3)4)29(5)28-20/h8-11,13,15,18H,6-7,12,14H2,1-5H3,(H,33,34)/t15?,18-/m1/s1. The number of aryl methyl sites for hydroxylation is 1. The molecule has 36 heavy (non-hydrogen) atoms. The second-order valence-electron chi connectivity index (χ2n) is 9.80. The lowest BCUT2D eigenvalue weighted by molar-refractivity contribution is -0.735. The van der Waals surface area contributed by atoms with E-state index in [1.165, 1.54) is 11.8 Å². The van der Waals surface area contributed by atoms with Crippen LogP contribution < -0.4 is 19.5 Å². The molecule has 0 spiro atoms. The van der Waals surface area contributed by atoms with Crippen LogP contribution in [0.5, 0.6) is 5.75 Å². The van der Waals surface area contributed by atoms with Crippen LogP contribution in [0.15, 0.2) is 30.3 Å². The molecule has 1 fully saturated rings. The van der Waals surface area contributed by atoms with Gasteiger partial charge >= 0.3 is 6.18 Å². The molecule has 12 heteroatoms. The van der Waals surface area contributed by atoms with Crippen LogP contribution in [0.25, 0.3) is 0 Å². The molecule has 9 nitrogen and oxygen atoms in total. The number of ether oxygens (including phenoxy) is 1. The van der Waals surface area contributed by atoms with Crippen LogP contribution in [0.2, 0.25) is 0 Å². The lowest BCUT2D eigenvalue weighted by Crippen LogP contribution is -2.56. The number of benzene rings is 1. The van der Waals surface area contributed by atoms with Crippen LogP contribution >= 0.6 is 0 Å². The molecule has 3 rings (SSSR count). The quantitative estimate of drug-likeness (QED) is 0.454. The summed E-state index contributed by atoms with van der Waals surface area (Å²) in [6.07, 6.45) is -5.03. The van der Waals surface area contributed by atoms with E-state index in [1.807, 2.05) is 33.9 Å². The summed E-state index contributed by atoms with van der Waals surface area (Å²) in [6, 6.07) is 3.89. The molecule has 1 saturated heterocycles. The van der Waals surface area contributed by atoms with Crippen LogP contribution in [0, 0.1) is 0 Å². The lowest BCUT2D eigenvalue weighted by atomic mass is 9.92. The molecule has 1 aromatic carbocycles. The Morgan fingerprint density at radius 2 is 1.89 bits per heavy atom. The number of hydroxylamine groups is 2. The van der Waals surface area contributed by atoms with Crippen molar-refractivity contribution in [2.24, 2.45) is 7.05 Å². The first kappa shape index (κ1) is 27.3. The number of alkyl halides is 3. The van der Waals surface area contributed by atoms with Gasteiger partial charge in [-0.3, -0.25) is 9.69 Å². The number of hydrogen-bond acceptors (Lipinski definition) is 5. The van der Waals surface area contributed by atoms with Crippen molar-refractivity contribution in [2.75, 3.05) is 18.1 Å². The van der Waals surface area contributed by atoms with Gasteiger partial charge in [0.15, 0.2) is 24.7 Å². The molecule has 2 amide bonds. The zero-order valence-electron chi connectivity index (χ0n) is 20.9. The fraction of sp³-hybridized carbons (Fsp3) is 0.542. The summed E-state index contributed by atoms with van der Waals surface area (Å²) in [5.74, 6) is -0.370. The van der Waals surface area contributed by atoms with E-state index in [9.17, 15) is 27.9 Å². The number of anilines is 1. The number of hydrogen-bond donors (Lipinski definition) is 1. The highest BCUT2D eigenvalue weighted by molar-refractivity contribution is 5.97. The number of nitrogens with zero attached hydrogens (tertiary/aromatic N) is 3. The first-order valence-electron chi connectivity index (χ1n) is 11.6. The SMILES string of the molecule is CC(C(=O)N(C[C@H]1CCCO1)c1cc(C(C)(C)C)[n+](C)[nH]1)N(Oc1ccc(C(F)(F)F)cc1)C(=O)[O-]. The van der Waals surface area contributed by atoms with Crippen molar-refractivity contribution in [2.45, 2.75) is 64.3 Å². The normalized spacial score (nSPS) is 17.1. The zero-order chi connectivity index (χ0) is 26.8. The van der Waals surface area contributed by atoms with E-state index in [2.05, 4.69) is 5.10 Å². The molecule has 0 saturated carbocycles. The summed E-state index contributed by atoms with van der Waals surface area (Å²) in [5.41, 5.74) is -0.250. The Morgan fingerprint density at radius 1 is 1.25 bits per heavy atom. The summed E-state index contributed by atoms with van der Waals surface area (Å²) in [7, 11) is 1.81. The summed E-state index contributed by atoms with van der Waals surface area (Å²) in [4.78, 5) is 32.2. The fourth-order valence-electron chi connectivity index (χ4n) is 4.07. The zero-order valence-corrected chi connectivity index (χ0v) is 20.9. The van der Waals surface area contributed by atoms with Crippen molar-refractivity contribution in [3.8, 4) is 5.75 Å². The summed E-state index contributed by atoms with van der Waals surface area (Å²) >= 11 is 0. The predicted octanol–water partition coefficient (Wildman–Crippen LogP) is 2.70. The number of rotatable bonds is 7. The number of H-pyrrole nitrogens is 1. The Bertz CT molecular complexity index is 1070. The van der Waals surface area contributed by atoms with Crippen LogP contribution in [0.1, 0.15) is 51.8 Å². The highest BCUT2D eigenvalue weighted by Crippen LogP contribution is 2.31. The number of carbonyl (C=O) groups is 2. The van der Waals surface area contributed by atoms with Gasteiger partial charge in [-0.25, -0.2) is 0 Å². The second kappa shape index (κ2) is 10.4. The van der Waals surface area contributed by atoms with Crippen molar-refractivity contribution in [3.05, 3.63) is 41.6 Å². The maximum Gasteiger partial charge on any atom is 0.416 e. The molecule has 198 valence electrons. The number of aromatic nitrogens is 2. The smallest absolute Gasteiger partial charge is 0.416 e. The Morgan fingerprint density at radius 3 is 2.36 bits per heavy atom. The summed E-state index contributed by atoms with van der Waals surface area (Å²) < 4.78 is 46.0. The molecule has 1 N–H and O–H groups in total. The minimum absolute atomic E-state index is 0.175. The number of aromatic amines is 1. The molecular formula is C24H31F3N4O5. The van der Waals surface area contributed by atoms with Crippen molar-refractivity contribution in [1.82, 2.24) is 10.2 Å². The van der Waals surface area contributed by atoms with Crippen LogP contribution in [-0.4, -0.2) is 47.5 Å². The van der Waals surface area contributed by atoms with E-state index >= 15 is 0 Å². The topological polar surface area (TPSA) is 102 Å². The Kier molecular flexibility index (Phi) is 7.87. The van der Waals surface area contributed by atoms with Gasteiger partial charge in [0.05, 0.1) is 24.3 Å². The van der Waals surface area contributed by atoms with E-state index in [4.69, 9.17) is 9.57 Å². The fourth-order valence-corrected chi connectivity index (χ4v) is 4.07. The molecule has 1 unspecified atom stereocenters. The minimum Gasteiger partial charge on any atom is -0.528 e. The van der Waals surface area contributed by atoms with Crippen molar-refractivity contribution < 1.29 is 42.1 Å². The number of nitrogens with one attached hydrogen (secondary N) is 1. The first-order valence-corrected chi connectivity index (χ1v) is 11.6. The predicted molar refractivity (Wildman–Crippen MR) is 121 cm³/mol. The van der Waals surface area contributed by atoms with E-state index in [1.54, 1.807) is 4.68 Å². The third kappa shape index (κ3) is 6.28. The van der Waals surface area contributed by atoms with E-state index < -0.39 is 29.8 Å². The van der Waals surface area contributed by atoms with Crippen LogP contribution in [-0.2, 0) is 28.2 Å². The van der Waals surface area contributed by atoms with Gasteiger partial charge in [-0.2, -0.15) is 18.2 Å². The average Bonchev–Trinajstić information content (AvgIpc) is 3.43. The van der Waals surface area contributed by atoms with Gasteiger partial charge in [0.25, 0.3) is 5.91 Å². The highest BCUT2D eigenvalue weighted by atomic mass is 19.4. The van der Waals surface area contributed by atoms with Gasteiger partial charge in [0.2, 0.25) is 5.69 Å². The Hall–Kier alpha value is -3.28. The molecule has 2 aromatic rings. The monoisotopic (exact) mass is 512 g/mol. The number of carbonyl (C=O) groups excluding carboxylic acids is 2. The molecule has 0 radical (unpaired) electrons. The summed E-state index contributed by atoms with van der Waals surface area (Å²) in [5, 5.41) is 15.3.